The topological polar surface area (TPSA) is 19.0 Å². The Labute approximate surface area is 95.3 Å². The van der Waals surface area contributed by atoms with Crippen LogP contribution >= 0.6 is 0 Å². The van der Waals surface area contributed by atoms with Crippen molar-refractivity contribution in [3.05, 3.63) is 35.5 Å². The van der Waals surface area contributed by atoms with Gasteiger partial charge in [-0.1, -0.05) is 18.2 Å². The van der Waals surface area contributed by atoms with Gasteiger partial charge in [-0.2, -0.15) is 0 Å². The SMILES string of the molecule is c1ccc2c3c([nH]c2c1)CN1CCC3CC1. The molecule has 2 bridgehead atoms. The molecule has 3 aliphatic heterocycles. The zero-order chi connectivity index (χ0) is 10.5. The van der Waals surface area contributed by atoms with E-state index in [-0.39, 0.29) is 0 Å². The molecule has 1 aromatic carbocycles. The summed E-state index contributed by atoms with van der Waals surface area (Å²) in [5, 5.41) is 1.46. The van der Waals surface area contributed by atoms with E-state index in [2.05, 4.69) is 34.1 Å². The molecule has 1 saturated heterocycles. The average Bonchev–Trinajstić information content (AvgIpc) is 2.49. The van der Waals surface area contributed by atoms with Crippen molar-refractivity contribution in [1.82, 2.24) is 9.88 Å². The van der Waals surface area contributed by atoms with Crippen molar-refractivity contribution in [2.75, 3.05) is 13.1 Å². The normalized spacial score (nSPS) is 28.0. The summed E-state index contributed by atoms with van der Waals surface area (Å²) in [6, 6.07) is 8.76. The second-order valence-electron chi connectivity index (χ2n) is 5.11. The number of aromatic amines is 1. The molecule has 0 amide bonds. The quantitative estimate of drug-likeness (QED) is 0.711. The Morgan fingerprint density at radius 3 is 2.81 bits per heavy atom. The van der Waals surface area contributed by atoms with E-state index in [1.807, 2.05) is 0 Å². The Hall–Kier alpha value is -1.28. The number of hydrogen-bond donors (Lipinski definition) is 1. The number of hydrogen-bond acceptors (Lipinski definition) is 1. The third-order valence-corrected chi connectivity index (χ3v) is 4.21. The first kappa shape index (κ1) is 8.82. The number of fused-ring (bicyclic) bond motifs is 3. The van der Waals surface area contributed by atoms with Crippen LogP contribution < -0.4 is 0 Å². The lowest BCUT2D eigenvalue weighted by atomic mass is 9.90. The van der Waals surface area contributed by atoms with E-state index in [1.165, 1.54) is 42.5 Å². The maximum atomic E-state index is 3.62. The predicted octanol–water partition coefficient (Wildman–Crippen LogP) is 2.86. The summed E-state index contributed by atoms with van der Waals surface area (Å²) >= 11 is 0. The van der Waals surface area contributed by atoms with Gasteiger partial charge in [0.25, 0.3) is 0 Å². The molecular weight excluding hydrogens is 196 g/mol. The van der Waals surface area contributed by atoms with Crippen LogP contribution in [-0.4, -0.2) is 23.0 Å². The van der Waals surface area contributed by atoms with Crippen molar-refractivity contribution < 1.29 is 0 Å². The Balaban J connectivity index is 2.01. The van der Waals surface area contributed by atoms with Gasteiger partial charge in [-0.25, -0.2) is 0 Å². The molecule has 0 saturated carbocycles. The van der Waals surface area contributed by atoms with E-state index in [9.17, 15) is 0 Å². The van der Waals surface area contributed by atoms with Crippen molar-refractivity contribution in [2.45, 2.75) is 25.3 Å². The first-order chi connectivity index (χ1) is 7.92. The van der Waals surface area contributed by atoms with Gasteiger partial charge >= 0.3 is 0 Å². The van der Waals surface area contributed by atoms with Gasteiger partial charge < -0.3 is 4.98 Å². The van der Waals surface area contributed by atoms with Crippen LogP contribution in [0.25, 0.3) is 10.9 Å². The fourth-order valence-corrected chi connectivity index (χ4v) is 3.41. The van der Waals surface area contributed by atoms with Gasteiger partial charge in [-0.3, -0.25) is 4.90 Å². The average molecular weight is 212 g/mol. The summed E-state index contributed by atoms with van der Waals surface area (Å²) in [4.78, 5) is 6.20. The molecule has 0 atom stereocenters. The van der Waals surface area contributed by atoms with E-state index in [4.69, 9.17) is 0 Å². The molecule has 82 valence electrons. The summed E-state index contributed by atoms with van der Waals surface area (Å²) in [7, 11) is 0. The minimum Gasteiger partial charge on any atom is -0.357 e. The Kier molecular flexibility index (Phi) is 1.71. The molecular formula is C14H16N2. The first-order valence-corrected chi connectivity index (χ1v) is 6.23. The van der Waals surface area contributed by atoms with Crippen LogP contribution in [0.4, 0.5) is 0 Å². The molecule has 2 aromatic rings. The number of benzene rings is 1. The largest absolute Gasteiger partial charge is 0.357 e. The van der Waals surface area contributed by atoms with Gasteiger partial charge in [0.15, 0.2) is 0 Å². The van der Waals surface area contributed by atoms with Crippen LogP contribution in [-0.2, 0) is 6.54 Å². The Morgan fingerprint density at radius 1 is 1.12 bits per heavy atom. The third kappa shape index (κ3) is 1.11. The molecule has 0 aliphatic carbocycles. The highest BCUT2D eigenvalue weighted by molar-refractivity contribution is 5.85. The van der Waals surface area contributed by atoms with E-state index >= 15 is 0 Å². The Bertz CT molecular complexity index is 533. The van der Waals surface area contributed by atoms with E-state index in [0.717, 1.165) is 12.5 Å². The van der Waals surface area contributed by atoms with E-state index in [1.54, 1.807) is 5.56 Å². The minimum absolute atomic E-state index is 0.796. The molecule has 1 N–H and O–H groups in total. The number of piperidine rings is 1. The minimum atomic E-state index is 0.796. The number of para-hydroxylation sites is 1. The summed E-state index contributed by atoms with van der Waals surface area (Å²) in [6.07, 6.45) is 2.68. The lowest BCUT2D eigenvalue weighted by Crippen LogP contribution is -2.29. The Morgan fingerprint density at radius 2 is 1.94 bits per heavy atom. The fourth-order valence-electron chi connectivity index (χ4n) is 3.41. The summed E-state index contributed by atoms with van der Waals surface area (Å²) in [6.45, 7) is 3.68. The number of nitrogens with one attached hydrogen (secondary N) is 1. The van der Waals surface area contributed by atoms with Crippen LogP contribution in [0.1, 0.15) is 30.0 Å². The van der Waals surface area contributed by atoms with Crippen LogP contribution in [0.5, 0.6) is 0 Å². The van der Waals surface area contributed by atoms with Crippen molar-refractivity contribution in [1.29, 1.82) is 0 Å². The lowest BCUT2D eigenvalue weighted by molar-refractivity contribution is 0.219. The predicted molar refractivity (Wildman–Crippen MR) is 65.6 cm³/mol. The van der Waals surface area contributed by atoms with Crippen molar-refractivity contribution in [3.63, 3.8) is 0 Å². The van der Waals surface area contributed by atoms with Crippen molar-refractivity contribution in [3.8, 4) is 0 Å². The molecule has 0 spiro atoms. The molecule has 0 unspecified atom stereocenters. The second-order valence-corrected chi connectivity index (χ2v) is 5.11. The van der Waals surface area contributed by atoms with E-state index < -0.39 is 0 Å². The van der Waals surface area contributed by atoms with Gasteiger partial charge in [-0.15, -0.1) is 0 Å². The van der Waals surface area contributed by atoms with Crippen LogP contribution in [0.15, 0.2) is 24.3 Å². The van der Waals surface area contributed by atoms with Crippen LogP contribution in [0, 0.1) is 0 Å². The molecule has 16 heavy (non-hydrogen) atoms. The number of H-pyrrole nitrogens is 1. The number of aromatic nitrogens is 1. The third-order valence-electron chi connectivity index (χ3n) is 4.21. The lowest BCUT2D eigenvalue weighted by Gasteiger charge is -2.26. The molecule has 2 nitrogen and oxygen atoms in total. The van der Waals surface area contributed by atoms with Gasteiger partial charge in [0.1, 0.15) is 0 Å². The number of nitrogens with zero attached hydrogens (tertiary/aromatic N) is 1. The number of rotatable bonds is 0. The molecule has 3 aliphatic rings. The zero-order valence-electron chi connectivity index (χ0n) is 9.37. The van der Waals surface area contributed by atoms with Crippen LogP contribution in [0.2, 0.25) is 0 Å². The smallest absolute Gasteiger partial charge is 0.0459 e. The molecule has 5 rings (SSSR count). The molecule has 0 radical (unpaired) electrons. The second kappa shape index (κ2) is 3.11. The fraction of sp³-hybridized carbons (Fsp3) is 0.429. The standard InChI is InChI=1S/C14H16N2/c1-2-4-12-11(3-1)14-10-5-7-16(8-6-10)9-13(14)15-12/h1-4,10,15H,5-9H2. The summed E-state index contributed by atoms with van der Waals surface area (Å²) < 4.78 is 0. The maximum absolute atomic E-state index is 3.62. The first-order valence-electron chi connectivity index (χ1n) is 6.23. The monoisotopic (exact) mass is 212 g/mol. The van der Waals surface area contributed by atoms with Gasteiger partial charge in [0, 0.05) is 23.1 Å². The molecule has 1 fully saturated rings. The van der Waals surface area contributed by atoms with Crippen molar-refractivity contribution in [2.24, 2.45) is 0 Å². The molecule has 4 heterocycles. The highest BCUT2D eigenvalue weighted by atomic mass is 15.1. The maximum Gasteiger partial charge on any atom is 0.0459 e. The van der Waals surface area contributed by atoms with Gasteiger partial charge in [0.05, 0.1) is 0 Å². The van der Waals surface area contributed by atoms with Crippen LogP contribution in [0.3, 0.4) is 0 Å². The zero-order valence-corrected chi connectivity index (χ0v) is 9.37. The van der Waals surface area contributed by atoms with Crippen molar-refractivity contribution >= 4 is 10.9 Å². The van der Waals surface area contributed by atoms with Gasteiger partial charge in [0.2, 0.25) is 0 Å². The summed E-state index contributed by atoms with van der Waals surface area (Å²) in [5.74, 6) is 0.796. The highest BCUT2D eigenvalue weighted by Gasteiger charge is 2.30. The molecule has 2 heteroatoms. The van der Waals surface area contributed by atoms with Gasteiger partial charge in [-0.05, 0) is 43.5 Å². The van der Waals surface area contributed by atoms with E-state index in [0.29, 0.717) is 0 Å². The summed E-state index contributed by atoms with van der Waals surface area (Å²) in [5.41, 5.74) is 4.41. The molecule has 1 aromatic heterocycles. The highest BCUT2D eigenvalue weighted by Crippen LogP contribution is 2.39.